The number of halogens is 3. The Morgan fingerprint density at radius 1 is 1.38 bits per heavy atom. The van der Waals surface area contributed by atoms with Gasteiger partial charge < -0.3 is 24.4 Å². The Hall–Kier alpha value is -1.36. The van der Waals surface area contributed by atoms with Gasteiger partial charge in [-0.15, -0.1) is 24.0 Å². The van der Waals surface area contributed by atoms with E-state index in [4.69, 9.17) is 14.2 Å². The molecule has 2 heterocycles. The molecule has 1 unspecified atom stereocenters. The zero-order chi connectivity index (χ0) is 20.0. The lowest BCUT2D eigenvalue weighted by Crippen LogP contribution is -2.41. The van der Waals surface area contributed by atoms with Crippen LogP contribution in [0.5, 0.6) is 11.5 Å². The van der Waals surface area contributed by atoms with Gasteiger partial charge in [0.05, 0.1) is 13.2 Å². The number of hydrogen-bond acceptors (Lipinski definition) is 4. The number of benzene rings is 1. The summed E-state index contributed by atoms with van der Waals surface area (Å²) >= 11 is 0. The van der Waals surface area contributed by atoms with Gasteiger partial charge in [0.2, 0.25) is 0 Å². The van der Waals surface area contributed by atoms with E-state index in [0.29, 0.717) is 24.5 Å². The van der Waals surface area contributed by atoms with E-state index in [1.54, 1.807) is 19.2 Å². The number of guanidine groups is 1. The van der Waals surface area contributed by atoms with Gasteiger partial charge in [-0.1, -0.05) is 6.92 Å². The molecule has 6 nitrogen and oxygen atoms in total. The summed E-state index contributed by atoms with van der Waals surface area (Å²) in [4.78, 5) is 6.57. The molecular weight excluding hydrogens is 495 g/mol. The number of aliphatic imine (C=N–C) groups is 1. The molecule has 1 atom stereocenters. The van der Waals surface area contributed by atoms with Crippen molar-refractivity contribution in [3.8, 4) is 11.5 Å². The third-order valence-electron chi connectivity index (χ3n) is 5.30. The van der Waals surface area contributed by atoms with Gasteiger partial charge in [-0.3, -0.25) is 4.99 Å². The van der Waals surface area contributed by atoms with Crippen molar-refractivity contribution in [3.05, 3.63) is 23.8 Å². The first kappa shape index (κ1) is 23.9. The van der Waals surface area contributed by atoms with Crippen LogP contribution in [-0.4, -0.2) is 57.4 Å². The lowest BCUT2D eigenvalue weighted by atomic mass is 9.87. The molecule has 0 saturated carbocycles. The summed E-state index contributed by atoms with van der Waals surface area (Å²) in [5, 5.41) is 3.28. The van der Waals surface area contributed by atoms with E-state index in [9.17, 15) is 8.78 Å². The lowest BCUT2D eigenvalue weighted by molar-refractivity contribution is -0.0505. The van der Waals surface area contributed by atoms with E-state index in [0.717, 1.165) is 51.5 Å². The molecule has 0 bridgehead atoms. The second-order valence-electron chi connectivity index (χ2n) is 7.37. The third kappa shape index (κ3) is 6.31. The van der Waals surface area contributed by atoms with Crippen molar-refractivity contribution in [2.24, 2.45) is 10.4 Å². The highest BCUT2D eigenvalue weighted by Crippen LogP contribution is 2.38. The average molecular weight is 525 g/mol. The van der Waals surface area contributed by atoms with Crippen LogP contribution >= 0.6 is 24.0 Å². The molecule has 29 heavy (non-hydrogen) atoms. The molecule has 2 saturated heterocycles. The molecule has 0 radical (unpaired) electrons. The standard InChI is InChI=1S/C20H29F2N3O3.HI/c1-3-9-27-16-5-4-15(17(11-16)28-18(21)22)12-24-19(23-2)25-8-6-20(13-25)7-10-26-14-20;/h4-5,11,18H,3,6-10,12-14H2,1-2H3,(H,23,24);1H. The minimum atomic E-state index is -2.89. The van der Waals surface area contributed by atoms with Crippen LogP contribution in [0.1, 0.15) is 31.7 Å². The molecule has 0 aromatic heterocycles. The first-order valence-corrected chi connectivity index (χ1v) is 9.79. The smallest absolute Gasteiger partial charge is 0.387 e. The van der Waals surface area contributed by atoms with Gasteiger partial charge in [-0.2, -0.15) is 8.78 Å². The first-order chi connectivity index (χ1) is 13.5. The normalized spacial score (nSPS) is 21.6. The van der Waals surface area contributed by atoms with Crippen LogP contribution in [0, 0.1) is 5.41 Å². The van der Waals surface area contributed by atoms with Crippen molar-refractivity contribution in [3.63, 3.8) is 0 Å². The molecule has 3 rings (SSSR count). The fraction of sp³-hybridized carbons (Fsp3) is 0.650. The van der Waals surface area contributed by atoms with Crippen molar-refractivity contribution >= 4 is 29.9 Å². The van der Waals surface area contributed by atoms with E-state index in [-0.39, 0.29) is 35.1 Å². The highest BCUT2D eigenvalue weighted by atomic mass is 127. The summed E-state index contributed by atoms with van der Waals surface area (Å²) in [6, 6.07) is 5.04. The Balaban J connectivity index is 0.00000300. The molecule has 1 aromatic carbocycles. The third-order valence-corrected chi connectivity index (χ3v) is 5.30. The van der Waals surface area contributed by atoms with E-state index in [2.05, 4.69) is 15.2 Å². The molecule has 1 aromatic rings. The molecule has 9 heteroatoms. The molecule has 1 N–H and O–H groups in total. The van der Waals surface area contributed by atoms with Crippen LogP contribution in [-0.2, 0) is 11.3 Å². The van der Waals surface area contributed by atoms with Crippen molar-refractivity contribution < 1.29 is 23.0 Å². The van der Waals surface area contributed by atoms with Crippen LogP contribution in [0.15, 0.2) is 23.2 Å². The van der Waals surface area contributed by atoms with Gasteiger partial charge in [0.1, 0.15) is 11.5 Å². The summed E-state index contributed by atoms with van der Waals surface area (Å²) in [6.45, 7) is 3.39. The summed E-state index contributed by atoms with van der Waals surface area (Å²) in [6.07, 6.45) is 3.00. The number of ether oxygens (including phenoxy) is 3. The van der Waals surface area contributed by atoms with Gasteiger partial charge in [0.25, 0.3) is 0 Å². The molecule has 1 spiro atoms. The number of likely N-dealkylation sites (tertiary alicyclic amines) is 1. The zero-order valence-electron chi connectivity index (χ0n) is 17.0. The number of nitrogens with one attached hydrogen (secondary N) is 1. The lowest BCUT2D eigenvalue weighted by Gasteiger charge is -2.25. The molecule has 0 amide bonds. The Kier molecular flexibility index (Phi) is 9.19. The minimum absolute atomic E-state index is 0. The molecule has 2 aliphatic rings. The van der Waals surface area contributed by atoms with Gasteiger partial charge in [-0.05, 0) is 31.4 Å². The fourth-order valence-electron chi connectivity index (χ4n) is 3.79. The van der Waals surface area contributed by atoms with Gasteiger partial charge in [-0.25, -0.2) is 0 Å². The quantitative estimate of drug-likeness (QED) is 0.333. The van der Waals surface area contributed by atoms with E-state index in [1.807, 2.05) is 6.92 Å². The van der Waals surface area contributed by atoms with Crippen molar-refractivity contribution in [2.45, 2.75) is 39.3 Å². The minimum Gasteiger partial charge on any atom is -0.493 e. The van der Waals surface area contributed by atoms with Crippen LogP contribution in [0.3, 0.4) is 0 Å². The van der Waals surface area contributed by atoms with Gasteiger partial charge in [0.15, 0.2) is 5.96 Å². The maximum Gasteiger partial charge on any atom is 0.387 e. The van der Waals surface area contributed by atoms with Gasteiger partial charge >= 0.3 is 6.61 Å². The molecular formula is C20H30F2IN3O3. The van der Waals surface area contributed by atoms with E-state index >= 15 is 0 Å². The zero-order valence-corrected chi connectivity index (χ0v) is 19.3. The molecule has 2 fully saturated rings. The summed E-state index contributed by atoms with van der Waals surface area (Å²) < 4.78 is 41.5. The van der Waals surface area contributed by atoms with Crippen molar-refractivity contribution in [2.75, 3.05) is 40.0 Å². The van der Waals surface area contributed by atoms with Crippen molar-refractivity contribution in [1.82, 2.24) is 10.2 Å². The van der Waals surface area contributed by atoms with Crippen LogP contribution in [0.4, 0.5) is 8.78 Å². The van der Waals surface area contributed by atoms with Crippen LogP contribution in [0.2, 0.25) is 0 Å². The first-order valence-electron chi connectivity index (χ1n) is 9.79. The Labute approximate surface area is 188 Å². The molecule has 2 aliphatic heterocycles. The molecule has 164 valence electrons. The highest BCUT2D eigenvalue weighted by Gasteiger charge is 2.42. The Morgan fingerprint density at radius 2 is 2.21 bits per heavy atom. The van der Waals surface area contributed by atoms with Crippen molar-refractivity contribution in [1.29, 1.82) is 0 Å². The second-order valence-corrected chi connectivity index (χ2v) is 7.37. The van der Waals surface area contributed by atoms with Crippen LogP contribution in [0.25, 0.3) is 0 Å². The predicted octanol–water partition coefficient (Wildman–Crippen LogP) is 3.88. The Morgan fingerprint density at radius 3 is 2.86 bits per heavy atom. The van der Waals surface area contributed by atoms with Crippen LogP contribution < -0.4 is 14.8 Å². The summed E-state index contributed by atoms with van der Waals surface area (Å²) in [5.74, 6) is 1.40. The number of nitrogens with zero attached hydrogens (tertiary/aromatic N) is 2. The number of hydrogen-bond donors (Lipinski definition) is 1. The largest absolute Gasteiger partial charge is 0.493 e. The Bertz CT molecular complexity index is 685. The monoisotopic (exact) mass is 525 g/mol. The average Bonchev–Trinajstić information content (AvgIpc) is 3.31. The van der Waals surface area contributed by atoms with E-state index in [1.165, 1.54) is 6.07 Å². The number of alkyl halides is 2. The topological polar surface area (TPSA) is 55.3 Å². The fourth-order valence-corrected chi connectivity index (χ4v) is 3.79. The highest BCUT2D eigenvalue weighted by molar-refractivity contribution is 14.0. The summed E-state index contributed by atoms with van der Waals surface area (Å²) in [5.41, 5.74) is 0.850. The summed E-state index contributed by atoms with van der Waals surface area (Å²) in [7, 11) is 1.73. The molecule has 0 aliphatic carbocycles. The predicted molar refractivity (Wildman–Crippen MR) is 119 cm³/mol. The maximum atomic E-state index is 12.8. The second kappa shape index (κ2) is 11.1. The SMILES string of the molecule is CCCOc1ccc(CNC(=NC)N2CCC3(CCOC3)C2)c(OC(F)F)c1.I. The maximum absolute atomic E-state index is 12.8. The number of rotatable bonds is 7. The van der Waals surface area contributed by atoms with Gasteiger partial charge in [0, 0.05) is 50.3 Å². The van der Waals surface area contributed by atoms with E-state index < -0.39 is 6.61 Å².